The van der Waals surface area contributed by atoms with Gasteiger partial charge in [-0.05, 0) is 47.1 Å². The van der Waals surface area contributed by atoms with Crippen molar-refractivity contribution in [2.45, 2.75) is 42.5 Å². The lowest BCUT2D eigenvalue weighted by Gasteiger charge is -2.36. The minimum absolute atomic E-state index is 0. The summed E-state index contributed by atoms with van der Waals surface area (Å²) in [5.41, 5.74) is 5.93. The number of sulfonamides is 1. The summed E-state index contributed by atoms with van der Waals surface area (Å²) in [5, 5.41) is 1.78. The fraction of sp³-hybridized carbons (Fsp3) is 0.636. The second-order valence-corrected chi connectivity index (χ2v) is 8.45. The topological polar surface area (TPSA) is 63.4 Å². The molecule has 2 heterocycles. The van der Waals surface area contributed by atoms with Crippen LogP contribution in [0.25, 0.3) is 0 Å². The van der Waals surface area contributed by atoms with Crippen molar-refractivity contribution in [2.24, 2.45) is 5.73 Å². The van der Waals surface area contributed by atoms with E-state index < -0.39 is 10.0 Å². The highest BCUT2D eigenvalue weighted by atomic mass is 79.9. The SMILES string of the molecule is CC(N)C1CCCCN1S(=O)(=O)c1sccc1Br.Cl. The second kappa shape index (κ2) is 6.87. The van der Waals surface area contributed by atoms with E-state index in [2.05, 4.69) is 15.9 Å². The van der Waals surface area contributed by atoms with Crippen LogP contribution in [0.1, 0.15) is 26.2 Å². The van der Waals surface area contributed by atoms with Gasteiger partial charge in [0.15, 0.2) is 0 Å². The normalized spacial score (nSPS) is 22.8. The van der Waals surface area contributed by atoms with Gasteiger partial charge in [0.2, 0.25) is 0 Å². The predicted octanol–water partition coefficient (Wildman–Crippen LogP) is 2.82. The lowest BCUT2D eigenvalue weighted by molar-refractivity contribution is 0.227. The second-order valence-electron chi connectivity index (χ2n) is 4.59. The number of nitrogens with zero attached hydrogens (tertiary/aromatic N) is 1. The molecular formula is C11H18BrClN2O2S2. The maximum absolute atomic E-state index is 12.6. The van der Waals surface area contributed by atoms with Gasteiger partial charge in [0, 0.05) is 23.1 Å². The zero-order chi connectivity index (χ0) is 13.3. The molecule has 0 amide bonds. The van der Waals surface area contributed by atoms with Gasteiger partial charge in [-0.1, -0.05) is 6.42 Å². The van der Waals surface area contributed by atoms with Gasteiger partial charge in [0.25, 0.3) is 10.0 Å². The summed E-state index contributed by atoms with van der Waals surface area (Å²) in [5.74, 6) is 0. The molecule has 0 radical (unpaired) electrons. The van der Waals surface area contributed by atoms with Gasteiger partial charge in [-0.3, -0.25) is 0 Å². The Hall–Kier alpha value is 0.340. The van der Waals surface area contributed by atoms with E-state index in [0.29, 0.717) is 15.2 Å². The zero-order valence-corrected chi connectivity index (χ0v) is 14.6. The average Bonchev–Trinajstić information content (AvgIpc) is 2.76. The molecule has 1 aliphatic rings. The number of halogens is 2. The zero-order valence-electron chi connectivity index (χ0n) is 10.6. The van der Waals surface area contributed by atoms with Crippen molar-refractivity contribution >= 4 is 49.7 Å². The molecule has 1 aromatic heterocycles. The van der Waals surface area contributed by atoms with Gasteiger partial charge in [-0.2, -0.15) is 4.31 Å². The highest BCUT2D eigenvalue weighted by Crippen LogP contribution is 2.33. The first-order valence-corrected chi connectivity index (χ1v) is 9.06. The van der Waals surface area contributed by atoms with Crippen molar-refractivity contribution in [1.82, 2.24) is 4.31 Å². The van der Waals surface area contributed by atoms with Crippen LogP contribution >= 0.6 is 39.7 Å². The number of hydrogen-bond acceptors (Lipinski definition) is 4. The molecule has 2 rings (SSSR count). The minimum Gasteiger partial charge on any atom is -0.326 e. The average molecular weight is 390 g/mol. The lowest BCUT2D eigenvalue weighted by Crippen LogP contribution is -2.51. The van der Waals surface area contributed by atoms with Crippen molar-refractivity contribution < 1.29 is 8.42 Å². The van der Waals surface area contributed by atoms with Gasteiger partial charge in [0.1, 0.15) is 4.21 Å². The molecule has 8 heteroatoms. The molecule has 0 aromatic carbocycles. The van der Waals surface area contributed by atoms with E-state index in [1.54, 1.807) is 15.8 Å². The Morgan fingerprint density at radius 2 is 2.21 bits per heavy atom. The Balaban J connectivity index is 0.00000180. The fourth-order valence-corrected chi connectivity index (χ4v) is 6.53. The Morgan fingerprint density at radius 1 is 1.53 bits per heavy atom. The molecule has 2 unspecified atom stereocenters. The van der Waals surface area contributed by atoms with E-state index in [-0.39, 0.29) is 24.5 Å². The van der Waals surface area contributed by atoms with E-state index in [1.807, 2.05) is 6.92 Å². The molecule has 0 bridgehead atoms. The smallest absolute Gasteiger partial charge is 0.254 e. The summed E-state index contributed by atoms with van der Waals surface area (Å²) in [4.78, 5) is 0. The summed E-state index contributed by atoms with van der Waals surface area (Å²) < 4.78 is 27.9. The molecule has 4 nitrogen and oxygen atoms in total. The minimum atomic E-state index is -3.42. The maximum atomic E-state index is 12.6. The van der Waals surface area contributed by atoms with Crippen molar-refractivity contribution in [1.29, 1.82) is 0 Å². The number of nitrogens with two attached hydrogens (primary N) is 1. The van der Waals surface area contributed by atoms with Crippen molar-refractivity contribution in [3.05, 3.63) is 15.9 Å². The quantitative estimate of drug-likeness (QED) is 0.864. The van der Waals surface area contributed by atoms with Crippen LogP contribution in [-0.2, 0) is 10.0 Å². The van der Waals surface area contributed by atoms with Crippen LogP contribution in [0.15, 0.2) is 20.1 Å². The third-order valence-corrected chi connectivity index (χ3v) is 7.80. The van der Waals surface area contributed by atoms with Crippen LogP contribution in [0.2, 0.25) is 0 Å². The van der Waals surface area contributed by atoms with Gasteiger partial charge in [-0.25, -0.2) is 8.42 Å². The number of rotatable bonds is 3. The molecule has 1 saturated heterocycles. The van der Waals surface area contributed by atoms with Crippen LogP contribution < -0.4 is 5.73 Å². The van der Waals surface area contributed by atoms with E-state index in [0.717, 1.165) is 19.3 Å². The van der Waals surface area contributed by atoms with Gasteiger partial charge >= 0.3 is 0 Å². The molecule has 0 aliphatic carbocycles. The van der Waals surface area contributed by atoms with E-state index >= 15 is 0 Å². The molecule has 0 spiro atoms. The Labute approximate surface area is 133 Å². The summed E-state index contributed by atoms with van der Waals surface area (Å²) in [6.45, 7) is 2.45. The maximum Gasteiger partial charge on any atom is 0.254 e. The first kappa shape index (κ1) is 17.4. The Bertz CT molecular complexity index is 519. The Kier molecular flexibility index (Phi) is 6.28. The van der Waals surface area contributed by atoms with Crippen molar-refractivity contribution in [3.63, 3.8) is 0 Å². The first-order chi connectivity index (χ1) is 8.44. The molecule has 19 heavy (non-hydrogen) atoms. The number of piperidine rings is 1. The van der Waals surface area contributed by atoms with Gasteiger partial charge in [-0.15, -0.1) is 23.7 Å². The molecule has 1 fully saturated rings. The summed E-state index contributed by atoms with van der Waals surface area (Å²) in [6.07, 6.45) is 2.80. The highest BCUT2D eigenvalue weighted by Gasteiger charge is 2.36. The molecule has 2 N–H and O–H groups in total. The molecule has 2 atom stereocenters. The Morgan fingerprint density at radius 3 is 2.74 bits per heavy atom. The fourth-order valence-electron chi connectivity index (χ4n) is 2.32. The van der Waals surface area contributed by atoms with Crippen LogP contribution in [0.4, 0.5) is 0 Å². The first-order valence-electron chi connectivity index (χ1n) is 5.95. The molecule has 0 saturated carbocycles. The molecule has 110 valence electrons. The highest BCUT2D eigenvalue weighted by molar-refractivity contribution is 9.10. The third kappa shape index (κ3) is 3.51. The standard InChI is InChI=1S/C11H17BrN2O2S2.ClH/c1-8(13)10-4-2-3-6-14(10)18(15,16)11-9(12)5-7-17-11;/h5,7-8,10H,2-4,6,13H2,1H3;1H. The largest absolute Gasteiger partial charge is 0.326 e. The van der Waals surface area contributed by atoms with Crippen molar-refractivity contribution in [3.8, 4) is 0 Å². The van der Waals surface area contributed by atoms with Crippen LogP contribution in [0.3, 0.4) is 0 Å². The predicted molar refractivity (Wildman–Crippen MR) is 84.4 cm³/mol. The lowest BCUT2D eigenvalue weighted by atomic mass is 10.00. The summed E-state index contributed by atoms with van der Waals surface area (Å²) >= 11 is 4.55. The van der Waals surface area contributed by atoms with Gasteiger partial charge < -0.3 is 5.73 Å². The monoisotopic (exact) mass is 388 g/mol. The summed E-state index contributed by atoms with van der Waals surface area (Å²) in [6, 6.07) is 1.54. The van der Waals surface area contributed by atoms with E-state index in [9.17, 15) is 8.42 Å². The summed E-state index contributed by atoms with van der Waals surface area (Å²) in [7, 11) is -3.42. The van der Waals surface area contributed by atoms with Crippen LogP contribution in [0, 0.1) is 0 Å². The van der Waals surface area contributed by atoms with E-state index in [1.165, 1.54) is 11.3 Å². The molecule has 1 aromatic rings. The number of hydrogen-bond donors (Lipinski definition) is 1. The molecular weight excluding hydrogens is 372 g/mol. The van der Waals surface area contributed by atoms with Crippen LogP contribution in [0.5, 0.6) is 0 Å². The third-order valence-electron chi connectivity index (χ3n) is 3.23. The van der Waals surface area contributed by atoms with E-state index in [4.69, 9.17) is 5.73 Å². The number of thiophene rings is 1. The molecule has 1 aliphatic heterocycles. The van der Waals surface area contributed by atoms with Crippen LogP contribution in [-0.4, -0.2) is 31.4 Å². The van der Waals surface area contributed by atoms with Crippen molar-refractivity contribution in [2.75, 3.05) is 6.54 Å². The van der Waals surface area contributed by atoms with Gasteiger partial charge in [0.05, 0.1) is 0 Å².